The van der Waals surface area contributed by atoms with Crippen molar-refractivity contribution < 1.29 is 4.74 Å². The number of rotatable bonds is 4. The van der Waals surface area contributed by atoms with E-state index < -0.39 is 0 Å². The number of nitrogens with one attached hydrogen (secondary N) is 1. The van der Waals surface area contributed by atoms with Crippen LogP contribution in [0.2, 0.25) is 10.0 Å². The Morgan fingerprint density at radius 2 is 2.17 bits per heavy atom. The van der Waals surface area contributed by atoms with Crippen LogP contribution in [0.25, 0.3) is 0 Å². The molecule has 18 heavy (non-hydrogen) atoms. The molecule has 1 aromatic rings. The van der Waals surface area contributed by atoms with Crippen LogP contribution in [0, 0.1) is 5.41 Å². The average Bonchev–Trinajstić information content (AvgIpc) is 2.66. The molecule has 0 aromatic heterocycles. The molecule has 1 saturated heterocycles. The zero-order valence-electron chi connectivity index (χ0n) is 10.8. The van der Waals surface area contributed by atoms with E-state index in [9.17, 15) is 0 Å². The largest absolute Gasteiger partial charge is 0.378 e. The maximum atomic E-state index is 6.08. The van der Waals surface area contributed by atoms with E-state index in [-0.39, 0.29) is 11.5 Å². The highest BCUT2D eigenvalue weighted by Crippen LogP contribution is 2.38. The highest BCUT2D eigenvalue weighted by Gasteiger charge is 2.40. The number of hydrogen-bond donors (Lipinski definition) is 1. The molecule has 0 bridgehead atoms. The third-order valence-corrected chi connectivity index (χ3v) is 4.64. The fraction of sp³-hybridized carbons (Fsp3) is 0.571. The summed E-state index contributed by atoms with van der Waals surface area (Å²) >= 11 is 12.0. The molecular weight excluding hydrogens is 269 g/mol. The molecule has 2 atom stereocenters. The van der Waals surface area contributed by atoms with E-state index in [4.69, 9.17) is 27.9 Å². The van der Waals surface area contributed by atoms with Crippen LogP contribution in [0.5, 0.6) is 0 Å². The van der Waals surface area contributed by atoms with E-state index in [1.807, 2.05) is 19.2 Å². The van der Waals surface area contributed by atoms with Crippen LogP contribution in [-0.4, -0.2) is 26.3 Å². The van der Waals surface area contributed by atoms with Crippen LogP contribution in [0.3, 0.4) is 0 Å². The minimum absolute atomic E-state index is 0.159. The van der Waals surface area contributed by atoms with E-state index >= 15 is 0 Å². The van der Waals surface area contributed by atoms with Gasteiger partial charge in [0.15, 0.2) is 0 Å². The Morgan fingerprint density at radius 1 is 1.39 bits per heavy atom. The van der Waals surface area contributed by atoms with Gasteiger partial charge in [0.2, 0.25) is 0 Å². The summed E-state index contributed by atoms with van der Waals surface area (Å²) in [7, 11) is 1.99. The molecule has 0 radical (unpaired) electrons. The van der Waals surface area contributed by atoms with Gasteiger partial charge >= 0.3 is 0 Å². The summed E-state index contributed by atoms with van der Waals surface area (Å²) in [4.78, 5) is 0. The Kier molecular flexibility index (Phi) is 4.54. The quantitative estimate of drug-likeness (QED) is 0.914. The second kappa shape index (κ2) is 5.79. The Hall–Kier alpha value is -0.280. The number of halogens is 2. The van der Waals surface area contributed by atoms with E-state index in [1.165, 1.54) is 5.56 Å². The van der Waals surface area contributed by atoms with E-state index in [0.717, 1.165) is 26.0 Å². The molecule has 4 heteroatoms. The van der Waals surface area contributed by atoms with Crippen LogP contribution in [-0.2, 0) is 11.2 Å². The number of ether oxygens (including phenoxy) is 1. The molecule has 2 unspecified atom stereocenters. The van der Waals surface area contributed by atoms with Gasteiger partial charge in [0.25, 0.3) is 0 Å². The first-order valence-corrected chi connectivity index (χ1v) is 7.03. The van der Waals surface area contributed by atoms with Gasteiger partial charge in [-0.15, -0.1) is 0 Å². The first-order valence-electron chi connectivity index (χ1n) is 6.27. The van der Waals surface area contributed by atoms with Crippen molar-refractivity contribution in [3.05, 3.63) is 33.8 Å². The second-order valence-corrected chi connectivity index (χ2v) is 5.90. The summed E-state index contributed by atoms with van der Waals surface area (Å²) in [6.07, 6.45) is 2.31. The highest BCUT2D eigenvalue weighted by atomic mass is 35.5. The highest BCUT2D eigenvalue weighted by molar-refractivity contribution is 6.42. The first-order chi connectivity index (χ1) is 8.57. The van der Waals surface area contributed by atoms with Crippen LogP contribution < -0.4 is 5.32 Å². The van der Waals surface area contributed by atoms with Gasteiger partial charge < -0.3 is 10.1 Å². The fourth-order valence-electron chi connectivity index (χ4n) is 2.75. The second-order valence-electron chi connectivity index (χ2n) is 5.08. The minimum Gasteiger partial charge on any atom is -0.378 e. The number of benzene rings is 1. The maximum absolute atomic E-state index is 6.08. The van der Waals surface area contributed by atoms with Crippen LogP contribution in [0.4, 0.5) is 0 Å². The molecule has 1 heterocycles. The zero-order valence-corrected chi connectivity index (χ0v) is 12.3. The summed E-state index contributed by atoms with van der Waals surface area (Å²) in [5.74, 6) is 0. The Morgan fingerprint density at radius 3 is 2.72 bits per heavy atom. The lowest BCUT2D eigenvalue weighted by molar-refractivity contribution is 0.0640. The van der Waals surface area contributed by atoms with Crippen molar-refractivity contribution in [1.29, 1.82) is 0 Å². The molecule has 1 N–H and O–H groups in total. The summed E-state index contributed by atoms with van der Waals surface area (Å²) in [5.41, 5.74) is 1.38. The summed E-state index contributed by atoms with van der Waals surface area (Å²) < 4.78 is 5.75. The summed E-state index contributed by atoms with van der Waals surface area (Å²) in [6, 6.07) is 5.88. The van der Waals surface area contributed by atoms with Crippen molar-refractivity contribution in [2.45, 2.75) is 25.9 Å². The molecule has 1 fully saturated rings. The topological polar surface area (TPSA) is 21.3 Å². The van der Waals surface area contributed by atoms with Crippen molar-refractivity contribution >= 4 is 23.2 Å². The molecule has 2 nitrogen and oxygen atoms in total. The molecular formula is C14H19Cl2NO. The first kappa shape index (κ1) is 14.1. The molecule has 2 rings (SSSR count). The van der Waals surface area contributed by atoms with Gasteiger partial charge in [-0.1, -0.05) is 29.3 Å². The molecule has 0 amide bonds. The Bertz CT molecular complexity index is 424. The van der Waals surface area contributed by atoms with Gasteiger partial charge in [0.1, 0.15) is 0 Å². The van der Waals surface area contributed by atoms with Gasteiger partial charge in [-0.2, -0.15) is 0 Å². The van der Waals surface area contributed by atoms with Crippen LogP contribution in [0.15, 0.2) is 18.2 Å². The van der Waals surface area contributed by atoms with Gasteiger partial charge in [0.05, 0.1) is 16.1 Å². The van der Waals surface area contributed by atoms with Crippen LogP contribution >= 0.6 is 23.2 Å². The Balaban J connectivity index is 2.21. The van der Waals surface area contributed by atoms with Gasteiger partial charge in [-0.25, -0.2) is 0 Å². The monoisotopic (exact) mass is 287 g/mol. The molecule has 1 aliphatic rings. The van der Waals surface area contributed by atoms with E-state index in [0.29, 0.717) is 10.0 Å². The molecule has 0 aliphatic carbocycles. The standard InChI is InChI=1S/C14H19Cl2NO/c1-10-14(9-17-2,5-6-18-10)8-11-3-4-12(15)13(16)7-11/h3-4,7,10,17H,5-6,8-9H2,1-2H3. The van der Waals surface area contributed by atoms with Crippen molar-refractivity contribution in [3.63, 3.8) is 0 Å². The lowest BCUT2D eigenvalue weighted by atomic mass is 9.76. The minimum atomic E-state index is 0.159. The van der Waals surface area contributed by atoms with Crippen molar-refractivity contribution in [3.8, 4) is 0 Å². The summed E-state index contributed by atoms with van der Waals surface area (Å²) in [6.45, 7) is 3.94. The molecule has 0 saturated carbocycles. The lowest BCUT2D eigenvalue weighted by Gasteiger charge is -2.32. The van der Waals surface area contributed by atoms with Crippen molar-refractivity contribution in [2.24, 2.45) is 5.41 Å². The van der Waals surface area contributed by atoms with E-state index in [1.54, 1.807) is 0 Å². The molecule has 0 spiro atoms. The smallest absolute Gasteiger partial charge is 0.0619 e. The maximum Gasteiger partial charge on any atom is 0.0619 e. The SMILES string of the molecule is CNCC1(Cc2ccc(Cl)c(Cl)c2)CCOC1C. The normalized spacial score (nSPS) is 27.7. The van der Waals surface area contributed by atoms with Gasteiger partial charge in [0, 0.05) is 18.6 Å². The van der Waals surface area contributed by atoms with Crippen molar-refractivity contribution in [2.75, 3.05) is 20.2 Å². The predicted molar refractivity (Wildman–Crippen MR) is 76.6 cm³/mol. The molecule has 100 valence electrons. The zero-order chi connectivity index (χ0) is 13.2. The predicted octanol–water partition coefficient (Wildman–Crippen LogP) is 3.55. The summed E-state index contributed by atoms with van der Waals surface area (Å²) in [5, 5.41) is 4.52. The van der Waals surface area contributed by atoms with E-state index in [2.05, 4.69) is 18.3 Å². The lowest BCUT2D eigenvalue weighted by Crippen LogP contribution is -2.40. The van der Waals surface area contributed by atoms with Crippen molar-refractivity contribution in [1.82, 2.24) is 5.32 Å². The van der Waals surface area contributed by atoms with Gasteiger partial charge in [-0.05, 0) is 44.5 Å². The fourth-order valence-corrected chi connectivity index (χ4v) is 3.07. The molecule has 1 aromatic carbocycles. The average molecular weight is 288 g/mol. The third kappa shape index (κ3) is 2.83. The third-order valence-electron chi connectivity index (χ3n) is 3.90. The van der Waals surface area contributed by atoms with Crippen LogP contribution in [0.1, 0.15) is 18.9 Å². The Labute approximate surface area is 119 Å². The van der Waals surface area contributed by atoms with Gasteiger partial charge in [-0.3, -0.25) is 0 Å². The molecule has 1 aliphatic heterocycles. The number of hydrogen-bond acceptors (Lipinski definition) is 2.